The molecule has 1 amide bonds. The Labute approximate surface area is 162 Å². The number of carbonyl (C=O) groups is 2. The number of carboxylic acid groups (broad SMARTS) is 1. The van der Waals surface area contributed by atoms with E-state index in [0.717, 1.165) is 0 Å². The first-order valence-electron chi connectivity index (χ1n) is 8.99. The Kier molecular flexibility index (Phi) is 5.77. The lowest BCUT2D eigenvalue weighted by molar-refractivity contribution is 0.101. The molecule has 2 aromatic rings. The fourth-order valence-corrected chi connectivity index (χ4v) is 3.15. The van der Waals surface area contributed by atoms with Gasteiger partial charge in [-0.1, -0.05) is 18.2 Å². The van der Waals surface area contributed by atoms with E-state index in [1.165, 1.54) is 24.0 Å². The van der Waals surface area contributed by atoms with E-state index in [-0.39, 0.29) is 18.4 Å². The number of hydrogen-bond acceptors (Lipinski definition) is 5. The summed E-state index contributed by atoms with van der Waals surface area (Å²) < 4.78 is 19.7. The summed E-state index contributed by atoms with van der Waals surface area (Å²) in [5.41, 5.74) is 0.650. The van der Waals surface area contributed by atoms with Gasteiger partial charge >= 0.3 is 6.09 Å². The summed E-state index contributed by atoms with van der Waals surface area (Å²) in [7, 11) is 0. The molecule has 0 aliphatic carbocycles. The van der Waals surface area contributed by atoms with Crippen molar-refractivity contribution >= 4 is 17.7 Å². The van der Waals surface area contributed by atoms with Crippen LogP contribution in [0.15, 0.2) is 36.4 Å². The van der Waals surface area contributed by atoms with Gasteiger partial charge in [0.15, 0.2) is 5.78 Å². The number of Topliss-reactive ketones (excluding diaryl/α,β-unsaturated/α-hetero) is 1. The van der Waals surface area contributed by atoms with E-state index in [1.807, 2.05) is 17.9 Å². The lowest BCUT2D eigenvalue weighted by Crippen LogP contribution is -2.53. The molecule has 1 saturated heterocycles. The molecule has 1 atom stereocenters. The maximum absolute atomic E-state index is 14.1. The van der Waals surface area contributed by atoms with Crippen molar-refractivity contribution in [3.8, 4) is 5.88 Å². The molecule has 1 fully saturated rings. The number of piperazine rings is 1. The Hall–Kier alpha value is -3.16. The van der Waals surface area contributed by atoms with Gasteiger partial charge in [0.1, 0.15) is 18.2 Å². The monoisotopic (exact) mass is 387 g/mol. The molecule has 0 bridgehead atoms. The average molecular weight is 387 g/mol. The van der Waals surface area contributed by atoms with Gasteiger partial charge in [0.2, 0.25) is 5.88 Å². The molecule has 28 heavy (non-hydrogen) atoms. The van der Waals surface area contributed by atoms with Gasteiger partial charge in [-0.05, 0) is 26.0 Å². The Balaban J connectivity index is 1.66. The molecule has 0 radical (unpaired) electrons. The average Bonchev–Trinajstić information content (AvgIpc) is 2.66. The maximum atomic E-state index is 14.1. The van der Waals surface area contributed by atoms with Crippen molar-refractivity contribution in [3.05, 3.63) is 53.3 Å². The molecule has 2 heterocycles. The quantitative estimate of drug-likeness (QED) is 0.794. The standard InChI is InChI=1S/C20H22FN3O4/c1-13-11-23(8-9-24(13)20(26)27)18-4-3-5-19(22-18)28-12-16-7-6-15(14(2)25)10-17(16)21/h3-7,10,13H,8-9,11-12H2,1-2H3,(H,26,27). The Morgan fingerprint density at radius 2 is 2.07 bits per heavy atom. The SMILES string of the molecule is CC(=O)c1ccc(COc2cccc(N3CCN(C(=O)O)C(C)C3)n2)c(F)c1. The summed E-state index contributed by atoms with van der Waals surface area (Å²) in [5.74, 6) is 0.336. The minimum absolute atomic E-state index is 0.0103. The van der Waals surface area contributed by atoms with E-state index in [0.29, 0.717) is 42.5 Å². The van der Waals surface area contributed by atoms with Crippen LogP contribution in [0.3, 0.4) is 0 Å². The summed E-state index contributed by atoms with van der Waals surface area (Å²) in [5, 5.41) is 9.18. The number of aromatic nitrogens is 1. The van der Waals surface area contributed by atoms with Gasteiger partial charge in [-0.15, -0.1) is 0 Å². The molecule has 1 aliphatic heterocycles. The minimum Gasteiger partial charge on any atom is -0.473 e. The van der Waals surface area contributed by atoms with Crippen molar-refractivity contribution in [2.24, 2.45) is 0 Å². The molecule has 1 aromatic carbocycles. The summed E-state index contributed by atoms with van der Waals surface area (Å²) in [6.45, 7) is 4.70. The fraction of sp³-hybridized carbons (Fsp3) is 0.350. The third-order valence-corrected chi connectivity index (χ3v) is 4.74. The number of halogens is 1. The molecule has 3 rings (SSSR count). The topological polar surface area (TPSA) is 83.0 Å². The number of rotatable bonds is 5. The van der Waals surface area contributed by atoms with E-state index in [9.17, 15) is 19.1 Å². The van der Waals surface area contributed by atoms with Crippen LogP contribution >= 0.6 is 0 Å². The minimum atomic E-state index is -0.921. The molecule has 148 valence electrons. The zero-order valence-electron chi connectivity index (χ0n) is 15.8. The van der Waals surface area contributed by atoms with Crippen LogP contribution in [0.1, 0.15) is 29.8 Å². The van der Waals surface area contributed by atoms with Crippen LogP contribution in [0.5, 0.6) is 5.88 Å². The number of anilines is 1. The number of ketones is 1. The predicted molar refractivity (Wildman–Crippen MR) is 101 cm³/mol. The van der Waals surface area contributed by atoms with Crippen LogP contribution in [0.4, 0.5) is 15.0 Å². The third kappa shape index (κ3) is 4.39. The van der Waals surface area contributed by atoms with E-state index in [1.54, 1.807) is 18.2 Å². The van der Waals surface area contributed by atoms with Crippen molar-refractivity contribution in [1.82, 2.24) is 9.88 Å². The highest BCUT2D eigenvalue weighted by Crippen LogP contribution is 2.21. The summed E-state index contributed by atoms with van der Waals surface area (Å²) in [6.07, 6.45) is -0.921. The molecule has 1 N–H and O–H groups in total. The fourth-order valence-electron chi connectivity index (χ4n) is 3.15. The molecular weight excluding hydrogens is 365 g/mol. The Morgan fingerprint density at radius 1 is 1.29 bits per heavy atom. The first kappa shape index (κ1) is 19.6. The van der Waals surface area contributed by atoms with Crippen molar-refractivity contribution in [2.75, 3.05) is 24.5 Å². The van der Waals surface area contributed by atoms with Crippen molar-refractivity contribution < 1.29 is 23.8 Å². The van der Waals surface area contributed by atoms with Crippen molar-refractivity contribution in [3.63, 3.8) is 0 Å². The van der Waals surface area contributed by atoms with Crippen molar-refractivity contribution in [1.29, 1.82) is 0 Å². The number of ether oxygens (including phenoxy) is 1. The molecule has 7 nitrogen and oxygen atoms in total. The zero-order valence-corrected chi connectivity index (χ0v) is 15.8. The number of pyridine rings is 1. The summed E-state index contributed by atoms with van der Waals surface area (Å²) >= 11 is 0. The van der Waals surface area contributed by atoms with E-state index in [4.69, 9.17) is 4.74 Å². The molecule has 1 aromatic heterocycles. The second-order valence-corrected chi connectivity index (χ2v) is 6.76. The van der Waals surface area contributed by atoms with Gasteiger partial charge in [-0.2, -0.15) is 4.98 Å². The molecule has 1 aliphatic rings. The van der Waals surface area contributed by atoms with Crippen LogP contribution in [0.25, 0.3) is 0 Å². The van der Waals surface area contributed by atoms with Gasteiger partial charge in [-0.3, -0.25) is 4.79 Å². The summed E-state index contributed by atoms with van der Waals surface area (Å²) in [4.78, 5) is 30.4. The Bertz CT molecular complexity index is 890. The van der Waals surface area contributed by atoms with Gasteiger partial charge in [-0.25, -0.2) is 9.18 Å². The van der Waals surface area contributed by atoms with Gasteiger partial charge in [0, 0.05) is 42.9 Å². The maximum Gasteiger partial charge on any atom is 0.407 e. The number of benzene rings is 1. The Morgan fingerprint density at radius 3 is 2.71 bits per heavy atom. The largest absolute Gasteiger partial charge is 0.473 e. The van der Waals surface area contributed by atoms with Crippen LogP contribution in [0.2, 0.25) is 0 Å². The number of amides is 1. The van der Waals surface area contributed by atoms with Crippen LogP contribution in [-0.4, -0.2) is 52.5 Å². The highest BCUT2D eigenvalue weighted by atomic mass is 19.1. The van der Waals surface area contributed by atoms with Gasteiger partial charge < -0.3 is 19.6 Å². The molecule has 1 unspecified atom stereocenters. The van der Waals surface area contributed by atoms with Crippen molar-refractivity contribution in [2.45, 2.75) is 26.5 Å². The molecule has 0 spiro atoms. The van der Waals surface area contributed by atoms with Crippen LogP contribution in [-0.2, 0) is 6.61 Å². The highest BCUT2D eigenvalue weighted by Gasteiger charge is 2.27. The predicted octanol–water partition coefficient (Wildman–Crippen LogP) is 3.19. The van der Waals surface area contributed by atoms with E-state index in [2.05, 4.69) is 4.98 Å². The second-order valence-electron chi connectivity index (χ2n) is 6.76. The molecule has 0 saturated carbocycles. The first-order chi connectivity index (χ1) is 13.3. The van der Waals surface area contributed by atoms with Gasteiger partial charge in [0.25, 0.3) is 0 Å². The lowest BCUT2D eigenvalue weighted by Gasteiger charge is -2.38. The van der Waals surface area contributed by atoms with Crippen LogP contribution < -0.4 is 9.64 Å². The highest BCUT2D eigenvalue weighted by molar-refractivity contribution is 5.94. The van der Waals surface area contributed by atoms with Crippen LogP contribution in [0, 0.1) is 5.82 Å². The number of nitrogens with zero attached hydrogens (tertiary/aromatic N) is 3. The summed E-state index contributed by atoms with van der Waals surface area (Å²) in [6, 6.07) is 9.46. The molecule has 8 heteroatoms. The van der Waals surface area contributed by atoms with Gasteiger partial charge in [0.05, 0.1) is 0 Å². The third-order valence-electron chi connectivity index (χ3n) is 4.74. The van der Waals surface area contributed by atoms with E-state index >= 15 is 0 Å². The first-order valence-corrected chi connectivity index (χ1v) is 8.99. The molecular formula is C20H22FN3O4. The lowest BCUT2D eigenvalue weighted by atomic mass is 10.1. The normalized spacial score (nSPS) is 16.8. The number of carbonyl (C=O) groups excluding carboxylic acids is 1. The van der Waals surface area contributed by atoms with E-state index < -0.39 is 11.9 Å². The smallest absolute Gasteiger partial charge is 0.407 e. The number of hydrogen-bond donors (Lipinski definition) is 1. The second kappa shape index (κ2) is 8.24. The zero-order chi connectivity index (χ0) is 20.3.